The van der Waals surface area contributed by atoms with Gasteiger partial charge in [-0.25, -0.2) is 0 Å². The molecule has 0 saturated carbocycles. The maximum Gasteiger partial charge on any atom is 0.309 e. The van der Waals surface area contributed by atoms with Gasteiger partial charge in [0.1, 0.15) is 10.7 Å². The lowest BCUT2D eigenvalue weighted by Crippen LogP contribution is -2.41. The van der Waals surface area contributed by atoms with Crippen LogP contribution in [0.4, 0.5) is 5.69 Å². The number of nitrogens with one attached hydrogen (secondary N) is 1. The van der Waals surface area contributed by atoms with Gasteiger partial charge in [-0.1, -0.05) is 12.1 Å². The summed E-state index contributed by atoms with van der Waals surface area (Å²) in [6.45, 7) is 5.75. The smallest absolute Gasteiger partial charge is 0.309 e. The van der Waals surface area contributed by atoms with E-state index in [-0.39, 0.29) is 23.7 Å². The number of thioether (sulfide) groups is 1. The van der Waals surface area contributed by atoms with Gasteiger partial charge in [0.15, 0.2) is 0 Å². The second-order valence-electron chi connectivity index (χ2n) is 7.32. The fourth-order valence-electron chi connectivity index (χ4n) is 3.54. The number of rotatable bonds is 6. The van der Waals surface area contributed by atoms with Crippen LogP contribution in [0.15, 0.2) is 34.9 Å². The number of hydrogen-bond donors (Lipinski definition) is 1. The van der Waals surface area contributed by atoms with Gasteiger partial charge in [-0.05, 0) is 44.4 Å². The predicted molar refractivity (Wildman–Crippen MR) is 116 cm³/mol. The SMILES string of the molecule is CCOC(=O)C1CCN(C(=O)Cc2ccc(NC(=O)C3=C(C)OCCS3)cc2)CC1. The maximum absolute atomic E-state index is 12.6. The highest BCUT2D eigenvalue weighted by atomic mass is 32.2. The average Bonchev–Trinajstić information content (AvgIpc) is 2.75. The van der Waals surface area contributed by atoms with Crippen molar-refractivity contribution in [3.05, 3.63) is 40.5 Å². The number of anilines is 1. The van der Waals surface area contributed by atoms with E-state index in [1.54, 1.807) is 30.9 Å². The number of piperidine rings is 1. The van der Waals surface area contributed by atoms with Gasteiger partial charge in [0.05, 0.1) is 25.6 Å². The van der Waals surface area contributed by atoms with Crippen molar-refractivity contribution in [2.45, 2.75) is 33.1 Å². The molecule has 7 nitrogen and oxygen atoms in total. The number of amides is 2. The average molecular weight is 433 g/mol. The van der Waals surface area contributed by atoms with Crippen molar-refractivity contribution in [2.75, 3.05) is 37.4 Å². The molecule has 0 aliphatic carbocycles. The molecule has 1 N–H and O–H groups in total. The van der Waals surface area contributed by atoms with E-state index in [1.165, 1.54) is 11.8 Å². The molecule has 0 spiro atoms. The van der Waals surface area contributed by atoms with Gasteiger partial charge in [-0.3, -0.25) is 14.4 Å². The Labute approximate surface area is 181 Å². The topological polar surface area (TPSA) is 84.9 Å². The van der Waals surface area contributed by atoms with Crippen LogP contribution >= 0.6 is 11.8 Å². The molecule has 1 saturated heterocycles. The highest BCUT2D eigenvalue weighted by Gasteiger charge is 2.28. The highest BCUT2D eigenvalue weighted by molar-refractivity contribution is 8.04. The second kappa shape index (κ2) is 10.5. The van der Waals surface area contributed by atoms with Crippen LogP contribution in [0.2, 0.25) is 0 Å². The molecule has 2 amide bonds. The summed E-state index contributed by atoms with van der Waals surface area (Å²) in [4.78, 5) is 39.2. The number of nitrogens with zero attached hydrogens (tertiary/aromatic N) is 1. The number of benzene rings is 1. The van der Waals surface area contributed by atoms with Gasteiger partial charge in [0, 0.05) is 24.5 Å². The summed E-state index contributed by atoms with van der Waals surface area (Å²) >= 11 is 1.49. The predicted octanol–water partition coefficient (Wildman–Crippen LogP) is 2.96. The van der Waals surface area contributed by atoms with Crippen molar-refractivity contribution >= 4 is 35.2 Å². The Morgan fingerprint density at radius 3 is 2.53 bits per heavy atom. The lowest BCUT2D eigenvalue weighted by molar-refractivity contribution is -0.151. The molecule has 0 aromatic heterocycles. The number of hydrogen-bond acceptors (Lipinski definition) is 6. The molecule has 1 aromatic carbocycles. The van der Waals surface area contributed by atoms with Crippen LogP contribution < -0.4 is 5.32 Å². The summed E-state index contributed by atoms with van der Waals surface area (Å²) in [7, 11) is 0. The minimum Gasteiger partial charge on any atom is -0.496 e. The van der Waals surface area contributed by atoms with E-state index in [0.29, 0.717) is 61.9 Å². The van der Waals surface area contributed by atoms with Crippen LogP contribution in [0.1, 0.15) is 32.3 Å². The van der Waals surface area contributed by atoms with Gasteiger partial charge >= 0.3 is 5.97 Å². The van der Waals surface area contributed by atoms with Gasteiger partial charge in [0.25, 0.3) is 5.91 Å². The van der Waals surface area contributed by atoms with Gasteiger partial charge in [-0.15, -0.1) is 11.8 Å². The number of carbonyl (C=O) groups excluding carboxylic acids is 3. The first kappa shape index (κ1) is 22.2. The first-order valence-electron chi connectivity index (χ1n) is 10.3. The zero-order chi connectivity index (χ0) is 21.5. The Hall–Kier alpha value is -2.48. The number of allylic oxidation sites excluding steroid dienone is 1. The first-order chi connectivity index (χ1) is 14.5. The van der Waals surface area contributed by atoms with Crippen molar-refractivity contribution in [3.63, 3.8) is 0 Å². The third-order valence-corrected chi connectivity index (χ3v) is 6.34. The molecule has 30 heavy (non-hydrogen) atoms. The van der Waals surface area contributed by atoms with E-state index in [4.69, 9.17) is 9.47 Å². The summed E-state index contributed by atoms with van der Waals surface area (Å²) in [5.74, 6) is 1.02. The number of ether oxygens (including phenoxy) is 2. The molecule has 3 rings (SSSR count). The molecule has 0 radical (unpaired) electrons. The molecular formula is C22H28N2O5S. The molecule has 2 aliphatic rings. The molecule has 1 aromatic rings. The summed E-state index contributed by atoms with van der Waals surface area (Å²) < 4.78 is 10.5. The van der Waals surface area contributed by atoms with E-state index in [9.17, 15) is 14.4 Å². The molecule has 8 heteroatoms. The van der Waals surface area contributed by atoms with Crippen molar-refractivity contribution in [2.24, 2.45) is 5.92 Å². The lowest BCUT2D eigenvalue weighted by atomic mass is 9.96. The van der Waals surface area contributed by atoms with Crippen LogP contribution in [-0.4, -0.2) is 54.7 Å². The summed E-state index contributed by atoms with van der Waals surface area (Å²) in [5, 5.41) is 2.87. The van der Waals surface area contributed by atoms with Crippen LogP contribution in [0.5, 0.6) is 0 Å². The molecule has 2 heterocycles. The molecule has 162 valence electrons. The highest BCUT2D eigenvalue weighted by Crippen LogP contribution is 2.27. The zero-order valence-electron chi connectivity index (χ0n) is 17.4. The van der Waals surface area contributed by atoms with Crippen LogP contribution in [-0.2, 0) is 30.3 Å². The van der Waals surface area contributed by atoms with E-state index in [1.807, 2.05) is 12.1 Å². The zero-order valence-corrected chi connectivity index (χ0v) is 18.3. The minimum absolute atomic E-state index is 0.0469. The molecule has 0 atom stereocenters. The van der Waals surface area contributed by atoms with E-state index in [2.05, 4.69) is 5.32 Å². The van der Waals surface area contributed by atoms with E-state index in [0.717, 1.165) is 11.3 Å². The fraction of sp³-hybridized carbons (Fsp3) is 0.500. The quantitative estimate of drug-likeness (QED) is 0.696. The molecule has 1 fully saturated rings. The van der Waals surface area contributed by atoms with Crippen LogP contribution in [0.25, 0.3) is 0 Å². The monoisotopic (exact) mass is 432 g/mol. The van der Waals surface area contributed by atoms with E-state index < -0.39 is 0 Å². The fourth-order valence-corrected chi connectivity index (χ4v) is 4.35. The van der Waals surface area contributed by atoms with Crippen molar-refractivity contribution in [1.82, 2.24) is 4.90 Å². The van der Waals surface area contributed by atoms with Crippen LogP contribution in [0, 0.1) is 5.92 Å². The maximum atomic E-state index is 12.6. The Morgan fingerprint density at radius 1 is 1.20 bits per heavy atom. The van der Waals surface area contributed by atoms with E-state index >= 15 is 0 Å². The lowest BCUT2D eigenvalue weighted by Gasteiger charge is -2.31. The van der Waals surface area contributed by atoms with Crippen LogP contribution in [0.3, 0.4) is 0 Å². The van der Waals surface area contributed by atoms with Crippen molar-refractivity contribution in [1.29, 1.82) is 0 Å². The Bertz CT molecular complexity index is 813. The standard InChI is InChI=1S/C22H28N2O5S/c1-3-28-22(27)17-8-10-24(11-9-17)19(25)14-16-4-6-18(7-5-16)23-21(26)20-15(2)29-12-13-30-20/h4-7,17H,3,8-14H2,1-2H3,(H,23,26). The minimum atomic E-state index is -0.175. The number of carbonyl (C=O) groups is 3. The first-order valence-corrected chi connectivity index (χ1v) is 11.3. The molecule has 2 aliphatic heterocycles. The largest absolute Gasteiger partial charge is 0.496 e. The second-order valence-corrected chi connectivity index (χ2v) is 8.42. The third-order valence-electron chi connectivity index (χ3n) is 5.21. The third kappa shape index (κ3) is 5.78. The summed E-state index contributed by atoms with van der Waals surface area (Å²) in [6, 6.07) is 7.31. The summed E-state index contributed by atoms with van der Waals surface area (Å²) in [6.07, 6.45) is 1.59. The van der Waals surface area contributed by atoms with Crippen molar-refractivity contribution < 1.29 is 23.9 Å². The van der Waals surface area contributed by atoms with Gasteiger partial charge in [-0.2, -0.15) is 0 Å². The molecular weight excluding hydrogens is 404 g/mol. The van der Waals surface area contributed by atoms with Gasteiger partial charge in [0.2, 0.25) is 5.91 Å². The normalized spacial score (nSPS) is 17.3. The number of esters is 1. The number of likely N-dealkylation sites (tertiary alicyclic amines) is 1. The van der Waals surface area contributed by atoms with Gasteiger partial charge < -0.3 is 19.7 Å². The Balaban J connectivity index is 1.49. The molecule has 0 bridgehead atoms. The molecule has 0 unspecified atom stereocenters. The summed E-state index contributed by atoms with van der Waals surface area (Å²) in [5.41, 5.74) is 1.56. The Kier molecular flexibility index (Phi) is 7.79. The van der Waals surface area contributed by atoms with Crippen molar-refractivity contribution in [3.8, 4) is 0 Å². The Morgan fingerprint density at radius 2 is 1.90 bits per heavy atom.